The van der Waals surface area contributed by atoms with Crippen molar-refractivity contribution >= 4 is 44.2 Å². The van der Waals surface area contributed by atoms with Crippen LogP contribution in [0.4, 0.5) is 4.39 Å². The van der Waals surface area contributed by atoms with Crippen LogP contribution in [-0.2, 0) is 13.1 Å². The van der Waals surface area contributed by atoms with Crippen LogP contribution in [0, 0.1) is 11.7 Å². The molecule has 0 bridgehead atoms. The van der Waals surface area contributed by atoms with E-state index in [9.17, 15) is 9.18 Å². The fraction of sp³-hybridized carbons (Fsp3) is 0.400. The van der Waals surface area contributed by atoms with E-state index in [2.05, 4.69) is 36.7 Å². The summed E-state index contributed by atoms with van der Waals surface area (Å²) in [6.45, 7) is 8.05. The summed E-state index contributed by atoms with van der Waals surface area (Å²) in [7, 11) is 0. The van der Waals surface area contributed by atoms with Crippen LogP contribution in [0.25, 0.3) is 11.0 Å². The highest BCUT2D eigenvalue weighted by molar-refractivity contribution is 9.11. The molecule has 27 heavy (non-hydrogen) atoms. The summed E-state index contributed by atoms with van der Waals surface area (Å²) in [5.41, 5.74) is 1.54. The number of rotatable bonds is 7. The van der Waals surface area contributed by atoms with Crippen molar-refractivity contribution < 1.29 is 9.18 Å². The van der Waals surface area contributed by atoms with Gasteiger partial charge in [-0.25, -0.2) is 9.37 Å². The maximum Gasteiger partial charge on any atom is 0.264 e. The van der Waals surface area contributed by atoms with Crippen molar-refractivity contribution in [1.82, 2.24) is 14.5 Å². The highest BCUT2D eigenvalue weighted by Gasteiger charge is 2.22. The van der Waals surface area contributed by atoms with Crippen molar-refractivity contribution in [3.8, 4) is 0 Å². The number of nitrogens with zero attached hydrogens (tertiary/aromatic N) is 3. The van der Waals surface area contributed by atoms with E-state index in [-0.39, 0.29) is 11.7 Å². The highest BCUT2D eigenvalue weighted by atomic mass is 79.9. The minimum atomic E-state index is -0.273. The first-order valence-corrected chi connectivity index (χ1v) is 10.7. The number of benzene rings is 1. The van der Waals surface area contributed by atoms with Crippen LogP contribution in [0.5, 0.6) is 0 Å². The lowest BCUT2D eigenvalue weighted by Gasteiger charge is -2.24. The number of carbonyl (C=O) groups is 1. The van der Waals surface area contributed by atoms with E-state index in [1.54, 1.807) is 6.07 Å². The first-order chi connectivity index (χ1) is 12.9. The van der Waals surface area contributed by atoms with Gasteiger partial charge < -0.3 is 9.47 Å². The van der Waals surface area contributed by atoms with Gasteiger partial charge in [-0.3, -0.25) is 4.79 Å². The van der Waals surface area contributed by atoms with E-state index in [1.807, 2.05) is 21.6 Å². The Morgan fingerprint density at radius 1 is 1.33 bits per heavy atom. The Labute approximate surface area is 171 Å². The van der Waals surface area contributed by atoms with Gasteiger partial charge in [0.1, 0.15) is 11.6 Å². The fourth-order valence-electron chi connectivity index (χ4n) is 3.16. The standard InChI is InChI=1S/C20H23BrFN3OS/c1-4-9-25-16-10-14(22)5-6-15(16)23-19(25)12-24(11-13(2)3)20(26)17-7-8-18(21)27-17/h5-8,10,13H,4,9,11-12H2,1-3H3. The number of aryl methyl sites for hydroxylation is 1. The van der Waals surface area contributed by atoms with Crippen molar-refractivity contribution in [2.24, 2.45) is 5.92 Å². The summed E-state index contributed by atoms with van der Waals surface area (Å²) in [5.74, 6) is 0.853. The predicted octanol–water partition coefficient (Wildman–Crippen LogP) is 5.71. The lowest BCUT2D eigenvalue weighted by molar-refractivity contribution is 0.0721. The Morgan fingerprint density at radius 3 is 2.74 bits per heavy atom. The van der Waals surface area contributed by atoms with Crippen LogP contribution in [0.2, 0.25) is 0 Å². The van der Waals surface area contributed by atoms with Gasteiger partial charge in [0.05, 0.1) is 26.2 Å². The monoisotopic (exact) mass is 451 g/mol. The molecular formula is C20H23BrFN3OS. The van der Waals surface area contributed by atoms with Crippen molar-refractivity contribution in [2.75, 3.05) is 6.54 Å². The van der Waals surface area contributed by atoms with E-state index in [0.29, 0.717) is 23.9 Å². The molecule has 0 atom stereocenters. The maximum atomic E-state index is 13.7. The minimum absolute atomic E-state index is 0.000634. The third kappa shape index (κ3) is 4.58. The molecule has 0 aliphatic rings. The zero-order valence-electron chi connectivity index (χ0n) is 15.7. The molecule has 0 unspecified atom stereocenters. The first kappa shape index (κ1) is 20.0. The number of fused-ring (bicyclic) bond motifs is 1. The molecule has 0 saturated heterocycles. The first-order valence-electron chi connectivity index (χ1n) is 9.08. The largest absolute Gasteiger partial charge is 0.330 e. The summed E-state index contributed by atoms with van der Waals surface area (Å²) in [6.07, 6.45) is 0.908. The van der Waals surface area contributed by atoms with Gasteiger partial charge in [0.2, 0.25) is 0 Å². The highest BCUT2D eigenvalue weighted by Crippen LogP contribution is 2.25. The molecule has 7 heteroatoms. The van der Waals surface area contributed by atoms with Gasteiger partial charge in [0, 0.05) is 13.1 Å². The van der Waals surface area contributed by atoms with Crippen LogP contribution in [0.3, 0.4) is 0 Å². The van der Waals surface area contributed by atoms with Crippen LogP contribution in [0.15, 0.2) is 34.1 Å². The Morgan fingerprint density at radius 2 is 2.11 bits per heavy atom. The Bertz CT molecular complexity index is 950. The number of carbonyl (C=O) groups excluding carboxylic acids is 1. The van der Waals surface area contributed by atoms with Crippen LogP contribution >= 0.6 is 27.3 Å². The van der Waals surface area contributed by atoms with Crippen molar-refractivity contribution in [3.63, 3.8) is 0 Å². The molecular weight excluding hydrogens is 429 g/mol. The number of thiophene rings is 1. The molecule has 3 rings (SSSR count). The smallest absolute Gasteiger partial charge is 0.264 e. The van der Waals surface area contributed by atoms with Gasteiger partial charge in [-0.15, -0.1) is 11.3 Å². The molecule has 0 spiro atoms. The van der Waals surface area contributed by atoms with Crippen LogP contribution in [0.1, 0.15) is 42.7 Å². The minimum Gasteiger partial charge on any atom is -0.330 e. The second-order valence-corrected chi connectivity index (χ2v) is 9.46. The normalized spacial score (nSPS) is 11.5. The van der Waals surface area contributed by atoms with E-state index in [1.165, 1.54) is 23.5 Å². The molecule has 2 heterocycles. The molecule has 144 valence electrons. The van der Waals surface area contributed by atoms with E-state index in [0.717, 1.165) is 33.6 Å². The Balaban J connectivity index is 1.97. The second kappa shape index (κ2) is 8.52. The molecule has 2 aromatic heterocycles. The lowest BCUT2D eigenvalue weighted by Crippen LogP contribution is -2.34. The number of hydrogen-bond acceptors (Lipinski definition) is 3. The second-order valence-electron chi connectivity index (χ2n) is 7.00. The van der Waals surface area contributed by atoms with Gasteiger partial charge in [-0.1, -0.05) is 20.8 Å². The number of aromatic nitrogens is 2. The quantitative estimate of drug-likeness (QED) is 0.461. The topological polar surface area (TPSA) is 38.1 Å². The molecule has 3 aromatic rings. The average Bonchev–Trinajstić information content (AvgIpc) is 3.18. The van der Waals surface area contributed by atoms with Gasteiger partial charge in [-0.2, -0.15) is 0 Å². The molecule has 0 aliphatic heterocycles. The summed E-state index contributed by atoms with van der Waals surface area (Å²) < 4.78 is 16.7. The van der Waals surface area contributed by atoms with Crippen LogP contribution < -0.4 is 0 Å². The zero-order chi connectivity index (χ0) is 19.6. The molecule has 0 radical (unpaired) electrons. The average molecular weight is 452 g/mol. The lowest BCUT2D eigenvalue weighted by atomic mass is 10.2. The van der Waals surface area contributed by atoms with Gasteiger partial charge in [0.25, 0.3) is 5.91 Å². The van der Waals surface area contributed by atoms with E-state index < -0.39 is 0 Å². The molecule has 4 nitrogen and oxygen atoms in total. The zero-order valence-corrected chi connectivity index (χ0v) is 18.1. The molecule has 1 aromatic carbocycles. The third-order valence-electron chi connectivity index (χ3n) is 4.23. The van der Waals surface area contributed by atoms with Gasteiger partial charge in [0.15, 0.2) is 0 Å². The number of halogens is 2. The van der Waals surface area contributed by atoms with Gasteiger partial charge in [-0.05, 0) is 58.6 Å². The molecule has 0 saturated carbocycles. The van der Waals surface area contributed by atoms with Gasteiger partial charge >= 0.3 is 0 Å². The molecule has 0 fully saturated rings. The number of hydrogen-bond donors (Lipinski definition) is 0. The summed E-state index contributed by atoms with van der Waals surface area (Å²) in [5, 5.41) is 0. The van der Waals surface area contributed by atoms with Crippen molar-refractivity contribution in [2.45, 2.75) is 40.3 Å². The predicted molar refractivity (Wildman–Crippen MR) is 112 cm³/mol. The molecule has 0 N–H and O–H groups in total. The summed E-state index contributed by atoms with van der Waals surface area (Å²) >= 11 is 4.86. The Hall–Kier alpha value is -1.73. The molecule has 1 amide bonds. The Kier molecular flexibility index (Phi) is 6.32. The van der Waals surface area contributed by atoms with E-state index in [4.69, 9.17) is 4.98 Å². The number of amides is 1. The summed E-state index contributed by atoms with van der Waals surface area (Å²) in [6, 6.07) is 8.38. The number of imidazole rings is 1. The van der Waals surface area contributed by atoms with Crippen LogP contribution in [-0.4, -0.2) is 26.9 Å². The van der Waals surface area contributed by atoms with E-state index >= 15 is 0 Å². The fourth-order valence-corrected chi connectivity index (χ4v) is 4.51. The van der Waals surface area contributed by atoms with Crippen molar-refractivity contribution in [1.29, 1.82) is 0 Å². The SMILES string of the molecule is CCCn1c(CN(CC(C)C)C(=O)c2ccc(Br)s2)nc2ccc(F)cc21. The summed E-state index contributed by atoms with van der Waals surface area (Å²) in [4.78, 5) is 20.3. The maximum absolute atomic E-state index is 13.7. The van der Waals surface area contributed by atoms with Crippen molar-refractivity contribution in [3.05, 3.63) is 50.6 Å². The molecule has 0 aliphatic carbocycles. The third-order valence-corrected chi connectivity index (χ3v) is 5.84.